The van der Waals surface area contributed by atoms with Crippen molar-refractivity contribution in [1.82, 2.24) is 14.1 Å². The van der Waals surface area contributed by atoms with Crippen molar-refractivity contribution in [3.05, 3.63) is 120 Å². The number of imidazole rings is 1. The first-order valence-corrected chi connectivity index (χ1v) is 16.9. The van der Waals surface area contributed by atoms with E-state index in [-0.39, 0.29) is 16.2 Å². The van der Waals surface area contributed by atoms with Crippen LogP contribution in [0.25, 0.3) is 44.3 Å². The van der Waals surface area contributed by atoms with Crippen LogP contribution in [0.15, 0.2) is 104 Å². The topological polar surface area (TPSA) is 35.9 Å². The Labute approximate surface area is 284 Å². The van der Waals surface area contributed by atoms with Crippen molar-refractivity contribution in [3.63, 3.8) is 0 Å². The second-order valence-corrected chi connectivity index (χ2v) is 16.3. The lowest BCUT2D eigenvalue weighted by atomic mass is 9.86. The molecule has 0 spiro atoms. The number of hydrogen-bond acceptors (Lipinski definition) is 2. The summed E-state index contributed by atoms with van der Waals surface area (Å²) in [5, 5.41) is 2.37. The van der Waals surface area contributed by atoms with Gasteiger partial charge < -0.3 is 4.74 Å². The SMILES string of the molecule is C[n+]1cn(-c2cc(Oc3ccc4c5ccccc5n(-c5cc(C(C)(C)C)ccn5)c4c3)cc(C(C)(C)C)c2)c2cc(C(C)(C)C)ccc21. The molecule has 0 fully saturated rings. The summed E-state index contributed by atoms with van der Waals surface area (Å²) in [5.74, 6) is 2.50. The molecule has 0 aliphatic carbocycles. The smallest absolute Gasteiger partial charge is 0.249 e. The summed E-state index contributed by atoms with van der Waals surface area (Å²) < 4.78 is 13.5. The lowest BCUT2D eigenvalue weighted by Gasteiger charge is -2.21. The summed E-state index contributed by atoms with van der Waals surface area (Å²) in [7, 11) is 2.11. The van der Waals surface area contributed by atoms with Crippen LogP contribution in [-0.4, -0.2) is 14.1 Å². The van der Waals surface area contributed by atoms with Crippen molar-refractivity contribution >= 4 is 32.8 Å². The quantitative estimate of drug-likeness (QED) is 0.180. The van der Waals surface area contributed by atoms with Crippen molar-refractivity contribution < 1.29 is 9.30 Å². The van der Waals surface area contributed by atoms with Gasteiger partial charge in [0.05, 0.1) is 18.1 Å². The number of aromatic nitrogens is 4. The molecule has 3 heterocycles. The van der Waals surface area contributed by atoms with Crippen LogP contribution < -0.4 is 9.30 Å². The van der Waals surface area contributed by atoms with Gasteiger partial charge in [0.1, 0.15) is 23.0 Å². The fraction of sp³-hybridized carbons (Fsp3) is 0.302. The van der Waals surface area contributed by atoms with Crippen molar-refractivity contribution in [2.45, 2.75) is 78.6 Å². The zero-order valence-electron chi connectivity index (χ0n) is 30.0. The maximum absolute atomic E-state index is 6.79. The average Bonchev–Trinajstić information content (AvgIpc) is 3.53. The minimum atomic E-state index is -0.0735. The van der Waals surface area contributed by atoms with Crippen LogP contribution in [0, 0.1) is 0 Å². The highest BCUT2D eigenvalue weighted by atomic mass is 16.5. The molecule has 0 saturated heterocycles. The van der Waals surface area contributed by atoms with Crippen molar-refractivity contribution in [2.75, 3.05) is 0 Å². The van der Waals surface area contributed by atoms with Gasteiger partial charge in [-0.1, -0.05) is 86.6 Å². The molecule has 0 amide bonds. The summed E-state index contributed by atoms with van der Waals surface area (Å²) in [6.45, 7) is 20.3. The molecular formula is C43H47N4O+. The Hall–Kier alpha value is -4.90. The largest absolute Gasteiger partial charge is 0.457 e. The number of para-hydroxylation sites is 1. The van der Waals surface area contributed by atoms with E-state index in [0.29, 0.717) is 0 Å². The summed E-state index contributed by atoms with van der Waals surface area (Å²) in [6.07, 6.45) is 4.09. The first kappa shape index (κ1) is 31.7. The first-order valence-electron chi connectivity index (χ1n) is 16.9. The molecule has 0 N–H and O–H groups in total. The van der Waals surface area contributed by atoms with Crippen LogP contribution in [0.2, 0.25) is 0 Å². The van der Waals surface area contributed by atoms with E-state index in [1.54, 1.807) is 0 Å². The van der Waals surface area contributed by atoms with E-state index < -0.39 is 0 Å². The predicted molar refractivity (Wildman–Crippen MR) is 199 cm³/mol. The third kappa shape index (κ3) is 5.66. The van der Waals surface area contributed by atoms with Gasteiger partial charge in [-0.25, -0.2) is 9.55 Å². The number of fused-ring (bicyclic) bond motifs is 4. The highest BCUT2D eigenvalue weighted by Gasteiger charge is 2.24. The van der Waals surface area contributed by atoms with Crippen LogP contribution in [0.1, 0.15) is 79.0 Å². The molecule has 0 aliphatic heterocycles. The maximum atomic E-state index is 6.79. The monoisotopic (exact) mass is 635 g/mol. The Balaban J connectivity index is 1.38. The molecule has 0 bridgehead atoms. The molecular weight excluding hydrogens is 589 g/mol. The molecule has 48 heavy (non-hydrogen) atoms. The van der Waals surface area contributed by atoms with Gasteiger partial charge >= 0.3 is 0 Å². The van der Waals surface area contributed by atoms with E-state index in [1.165, 1.54) is 38.5 Å². The van der Waals surface area contributed by atoms with Crippen LogP contribution in [0.4, 0.5) is 0 Å². The van der Waals surface area contributed by atoms with E-state index in [4.69, 9.17) is 9.72 Å². The Morgan fingerprint density at radius 1 is 0.583 bits per heavy atom. The summed E-state index contributed by atoms with van der Waals surface area (Å²) in [5.41, 5.74) is 9.40. The van der Waals surface area contributed by atoms with Crippen LogP contribution in [0.5, 0.6) is 11.5 Å². The fourth-order valence-electron chi connectivity index (χ4n) is 6.60. The molecule has 0 atom stereocenters. The Morgan fingerprint density at radius 3 is 2.00 bits per heavy atom. The van der Waals surface area contributed by atoms with Gasteiger partial charge in [0, 0.05) is 29.1 Å². The molecule has 0 aliphatic rings. The van der Waals surface area contributed by atoms with Gasteiger partial charge in [-0.3, -0.25) is 4.57 Å². The van der Waals surface area contributed by atoms with E-state index in [0.717, 1.165) is 34.0 Å². The van der Waals surface area contributed by atoms with Gasteiger partial charge in [0.2, 0.25) is 6.33 Å². The molecule has 5 nitrogen and oxygen atoms in total. The zero-order valence-corrected chi connectivity index (χ0v) is 30.0. The number of pyridine rings is 1. The molecule has 4 aromatic carbocycles. The molecule has 7 aromatic rings. The highest BCUT2D eigenvalue weighted by molar-refractivity contribution is 6.09. The van der Waals surface area contributed by atoms with Crippen molar-refractivity contribution in [1.29, 1.82) is 0 Å². The van der Waals surface area contributed by atoms with Gasteiger partial charge in [0.25, 0.3) is 0 Å². The standard InChI is InChI=1S/C43H47N4O/c1-41(2,3)28-15-18-37-39(23-28)46(27-45(37)10)31-21-30(43(7,8)9)22-33(25-31)48-32-16-17-35-34-13-11-12-14-36(34)47(38(35)26-32)40-24-29(19-20-44-40)42(4,5)6/h11-27H,1-10H3/q+1. The van der Waals surface area contributed by atoms with Gasteiger partial charge in [-0.15, -0.1) is 0 Å². The van der Waals surface area contributed by atoms with E-state index in [9.17, 15) is 0 Å². The summed E-state index contributed by atoms with van der Waals surface area (Å²) in [6, 6.07) is 32.8. The van der Waals surface area contributed by atoms with Crippen molar-refractivity contribution in [3.8, 4) is 23.0 Å². The summed E-state index contributed by atoms with van der Waals surface area (Å²) in [4.78, 5) is 4.86. The molecule has 0 radical (unpaired) electrons. The minimum absolute atomic E-state index is 0.0108. The molecule has 0 unspecified atom stereocenters. The van der Waals surface area contributed by atoms with Gasteiger partial charge in [-0.05, 0) is 87.5 Å². The number of aryl methyl sites for hydroxylation is 1. The first-order chi connectivity index (χ1) is 22.6. The molecule has 0 saturated carbocycles. The Morgan fingerprint density at radius 2 is 1.27 bits per heavy atom. The fourth-order valence-corrected chi connectivity index (χ4v) is 6.60. The third-order valence-corrected chi connectivity index (χ3v) is 9.53. The van der Waals surface area contributed by atoms with Gasteiger partial charge in [0.15, 0.2) is 11.0 Å². The normalized spacial score (nSPS) is 12.8. The Bertz CT molecular complexity index is 2330. The summed E-state index contributed by atoms with van der Waals surface area (Å²) >= 11 is 0. The molecule has 244 valence electrons. The second kappa shape index (κ2) is 11.1. The lowest BCUT2D eigenvalue weighted by Crippen LogP contribution is -2.25. The van der Waals surface area contributed by atoms with E-state index >= 15 is 0 Å². The predicted octanol–water partition coefficient (Wildman–Crippen LogP) is 10.6. The van der Waals surface area contributed by atoms with E-state index in [2.05, 4.69) is 180 Å². The van der Waals surface area contributed by atoms with Crippen LogP contribution >= 0.6 is 0 Å². The maximum Gasteiger partial charge on any atom is 0.249 e. The highest BCUT2D eigenvalue weighted by Crippen LogP contribution is 2.38. The molecule has 3 aromatic heterocycles. The van der Waals surface area contributed by atoms with Gasteiger partial charge in [-0.2, -0.15) is 4.57 Å². The second-order valence-electron chi connectivity index (χ2n) is 16.3. The zero-order chi connectivity index (χ0) is 34.2. The van der Waals surface area contributed by atoms with Crippen LogP contribution in [-0.2, 0) is 23.3 Å². The average molecular weight is 636 g/mol. The minimum Gasteiger partial charge on any atom is -0.457 e. The number of nitrogens with zero attached hydrogens (tertiary/aromatic N) is 4. The lowest BCUT2D eigenvalue weighted by molar-refractivity contribution is -0.645. The third-order valence-electron chi connectivity index (χ3n) is 9.53. The van der Waals surface area contributed by atoms with Crippen LogP contribution in [0.3, 0.4) is 0 Å². The Kier molecular flexibility index (Phi) is 7.32. The number of ether oxygens (including phenoxy) is 1. The molecule has 7 rings (SSSR count). The van der Waals surface area contributed by atoms with E-state index in [1.807, 2.05) is 6.20 Å². The molecule has 5 heteroatoms. The number of hydrogen-bond donors (Lipinski definition) is 0. The number of rotatable bonds is 4. The van der Waals surface area contributed by atoms with Crippen molar-refractivity contribution in [2.24, 2.45) is 7.05 Å². The number of benzene rings is 4.